The first-order valence-electron chi connectivity index (χ1n) is 5.91. The van der Waals surface area contributed by atoms with Crippen molar-refractivity contribution in [1.29, 1.82) is 0 Å². The molecule has 0 aliphatic carbocycles. The van der Waals surface area contributed by atoms with Gasteiger partial charge in [0.2, 0.25) is 0 Å². The normalized spacial score (nSPS) is 10.6. The van der Waals surface area contributed by atoms with Gasteiger partial charge < -0.3 is 5.32 Å². The molecule has 0 fully saturated rings. The molecule has 0 saturated carbocycles. The van der Waals surface area contributed by atoms with E-state index in [0.717, 1.165) is 11.1 Å². The molecule has 5 nitrogen and oxygen atoms in total. The molecule has 1 amide bonds. The Hall–Kier alpha value is -2.69. The molecule has 0 aliphatic heterocycles. The Balaban J connectivity index is 1.97. The Bertz CT molecular complexity index is 743. The standard InChI is InChI=1S/C14H12N4O/c1-9-8-12(18-17-9)16-14(19)11-6-2-4-10-5-3-7-15-13(10)11/h2-8H,1H3,(H2,16,17,18,19). The number of carbonyl (C=O) groups is 1. The molecule has 0 unspecified atom stereocenters. The van der Waals surface area contributed by atoms with Crippen LogP contribution in [-0.2, 0) is 0 Å². The van der Waals surface area contributed by atoms with E-state index in [4.69, 9.17) is 0 Å². The lowest BCUT2D eigenvalue weighted by molar-refractivity contribution is 0.102. The molecule has 2 heterocycles. The summed E-state index contributed by atoms with van der Waals surface area (Å²) < 4.78 is 0. The first-order valence-corrected chi connectivity index (χ1v) is 5.91. The number of hydrogen-bond acceptors (Lipinski definition) is 3. The van der Waals surface area contributed by atoms with Gasteiger partial charge in [-0.1, -0.05) is 18.2 Å². The SMILES string of the molecule is Cc1cc(NC(=O)c2cccc3cccnc23)n[nH]1. The van der Waals surface area contributed by atoms with Gasteiger partial charge in [-0.15, -0.1) is 0 Å². The van der Waals surface area contributed by atoms with Gasteiger partial charge in [0.1, 0.15) is 0 Å². The van der Waals surface area contributed by atoms with E-state index in [1.54, 1.807) is 18.3 Å². The van der Waals surface area contributed by atoms with E-state index in [1.165, 1.54) is 0 Å². The van der Waals surface area contributed by atoms with Crippen LogP contribution in [0, 0.1) is 6.92 Å². The van der Waals surface area contributed by atoms with E-state index in [9.17, 15) is 4.79 Å². The zero-order valence-corrected chi connectivity index (χ0v) is 10.3. The molecule has 0 radical (unpaired) electrons. The van der Waals surface area contributed by atoms with Crippen LogP contribution in [0.25, 0.3) is 10.9 Å². The highest BCUT2D eigenvalue weighted by Gasteiger charge is 2.11. The van der Waals surface area contributed by atoms with Gasteiger partial charge in [0, 0.05) is 23.3 Å². The van der Waals surface area contributed by atoms with Crippen molar-refractivity contribution in [2.45, 2.75) is 6.92 Å². The summed E-state index contributed by atoms with van der Waals surface area (Å²) >= 11 is 0. The largest absolute Gasteiger partial charge is 0.305 e. The number of H-pyrrole nitrogens is 1. The van der Waals surface area contributed by atoms with Crippen LogP contribution in [-0.4, -0.2) is 21.1 Å². The molecule has 0 bridgehead atoms. The molecule has 3 rings (SSSR count). The van der Waals surface area contributed by atoms with Crippen LogP contribution >= 0.6 is 0 Å². The quantitative estimate of drug-likeness (QED) is 0.736. The van der Waals surface area contributed by atoms with E-state index in [0.29, 0.717) is 16.9 Å². The predicted octanol–water partition coefficient (Wildman–Crippen LogP) is 2.52. The minimum absolute atomic E-state index is 0.212. The number of rotatable bonds is 2. The summed E-state index contributed by atoms with van der Waals surface area (Å²) in [5, 5.41) is 10.5. The molecule has 19 heavy (non-hydrogen) atoms. The van der Waals surface area contributed by atoms with E-state index < -0.39 is 0 Å². The van der Waals surface area contributed by atoms with Crippen molar-refractivity contribution >= 4 is 22.6 Å². The maximum atomic E-state index is 12.2. The predicted molar refractivity (Wildman–Crippen MR) is 73.0 cm³/mol. The van der Waals surface area contributed by atoms with Gasteiger partial charge in [0.15, 0.2) is 5.82 Å². The Labute approximate surface area is 109 Å². The highest BCUT2D eigenvalue weighted by atomic mass is 16.1. The van der Waals surface area contributed by atoms with Crippen LogP contribution in [0.1, 0.15) is 16.1 Å². The van der Waals surface area contributed by atoms with Gasteiger partial charge in [0.05, 0.1) is 11.1 Å². The third-order valence-electron chi connectivity index (χ3n) is 2.82. The van der Waals surface area contributed by atoms with Gasteiger partial charge in [-0.05, 0) is 19.1 Å². The van der Waals surface area contributed by atoms with E-state index in [2.05, 4.69) is 20.5 Å². The summed E-state index contributed by atoms with van der Waals surface area (Å²) in [6, 6.07) is 11.1. The number of para-hydroxylation sites is 1. The first-order chi connectivity index (χ1) is 9.24. The molecule has 0 spiro atoms. The van der Waals surface area contributed by atoms with Crippen molar-refractivity contribution in [2.24, 2.45) is 0 Å². The number of aromatic nitrogens is 3. The van der Waals surface area contributed by atoms with Crippen molar-refractivity contribution < 1.29 is 4.79 Å². The number of aromatic amines is 1. The summed E-state index contributed by atoms with van der Waals surface area (Å²) in [5.41, 5.74) is 2.12. The van der Waals surface area contributed by atoms with Crippen molar-refractivity contribution in [1.82, 2.24) is 15.2 Å². The zero-order chi connectivity index (χ0) is 13.2. The average molecular weight is 252 g/mol. The molecular weight excluding hydrogens is 240 g/mol. The van der Waals surface area contributed by atoms with Crippen LogP contribution in [0.5, 0.6) is 0 Å². The Morgan fingerprint density at radius 1 is 1.26 bits per heavy atom. The van der Waals surface area contributed by atoms with Gasteiger partial charge in [-0.2, -0.15) is 5.10 Å². The maximum Gasteiger partial charge on any atom is 0.259 e. The fraction of sp³-hybridized carbons (Fsp3) is 0.0714. The highest BCUT2D eigenvalue weighted by Crippen LogP contribution is 2.17. The van der Waals surface area contributed by atoms with Gasteiger partial charge >= 0.3 is 0 Å². The first kappa shape index (κ1) is 11.4. The molecular formula is C14H12N4O. The second-order valence-corrected chi connectivity index (χ2v) is 4.27. The van der Waals surface area contributed by atoms with E-state index in [-0.39, 0.29) is 5.91 Å². The number of amides is 1. The summed E-state index contributed by atoms with van der Waals surface area (Å²) in [5.74, 6) is 0.297. The molecule has 0 aliphatic rings. The number of nitrogens with zero attached hydrogens (tertiary/aromatic N) is 2. The molecule has 3 aromatic rings. The fourth-order valence-electron chi connectivity index (χ4n) is 1.95. The van der Waals surface area contributed by atoms with Crippen LogP contribution in [0.2, 0.25) is 0 Å². The number of anilines is 1. The molecule has 0 atom stereocenters. The van der Waals surface area contributed by atoms with Crippen LogP contribution in [0.15, 0.2) is 42.6 Å². The van der Waals surface area contributed by atoms with Gasteiger partial charge in [-0.3, -0.25) is 14.9 Å². The summed E-state index contributed by atoms with van der Waals surface area (Å²) in [4.78, 5) is 16.5. The number of pyridine rings is 1. The average Bonchev–Trinajstić information content (AvgIpc) is 2.83. The zero-order valence-electron chi connectivity index (χ0n) is 10.3. The second kappa shape index (κ2) is 4.53. The number of carbonyl (C=O) groups excluding carboxylic acids is 1. The number of fused-ring (bicyclic) bond motifs is 1. The summed E-state index contributed by atoms with van der Waals surface area (Å²) in [7, 11) is 0. The Morgan fingerprint density at radius 2 is 2.11 bits per heavy atom. The lowest BCUT2D eigenvalue weighted by Gasteiger charge is -2.05. The molecule has 2 aromatic heterocycles. The van der Waals surface area contributed by atoms with E-state index in [1.807, 2.05) is 31.2 Å². The molecule has 1 aromatic carbocycles. The van der Waals surface area contributed by atoms with Crippen LogP contribution < -0.4 is 5.32 Å². The lowest BCUT2D eigenvalue weighted by Crippen LogP contribution is -2.13. The number of benzene rings is 1. The van der Waals surface area contributed by atoms with Crippen molar-refractivity contribution in [3.05, 3.63) is 53.9 Å². The third-order valence-corrected chi connectivity index (χ3v) is 2.82. The molecule has 94 valence electrons. The Morgan fingerprint density at radius 3 is 2.89 bits per heavy atom. The van der Waals surface area contributed by atoms with Gasteiger partial charge in [0.25, 0.3) is 5.91 Å². The van der Waals surface area contributed by atoms with Crippen LogP contribution in [0.3, 0.4) is 0 Å². The van der Waals surface area contributed by atoms with E-state index >= 15 is 0 Å². The topological polar surface area (TPSA) is 70.7 Å². The van der Waals surface area contributed by atoms with Crippen LogP contribution in [0.4, 0.5) is 5.82 Å². The Kier molecular flexibility index (Phi) is 2.72. The number of aryl methyl sites for hydroxylation is 1. The van der Waals surface area contributed by atoms with Crippen molar-refractivity contribution in [3.63, 3.8) is 0 Å². The number of nitrogens with one attached hydrogen (secondary N) is 2. The lowest BCUT2D eigenvalue weighted by atomic mass is 10.1. The summed E-state index contributed by atoms with van der Waals surface area (Å²) in [6.45, 7) is 1.88. The minimum Gasteiger partial charge on any atom is -0.305 e. The third kappa shape index (κ3) is 2.18. The summed E-state index contributed by atoms with van der Waals surface area (Å²) in [6.07, 6.45) is 1.68. The second-order valence-electron chi connectivity index (χ2n) is 4.27. The highest BCUT2D eigenvalue weighted by molar-refractivity contribution is 6.11. The fourth-order valence-corrected chi connectivity index (χ4v) is 1.95. The molecule has 5 heteroatoms. The van der Waals surface area contributed by atoms with Crippen molar-refractivity contribution in [2.75, 3.05) is 5.32 Å². The van der Waals surface area contributed by atoms with Crippen molar-refractivity contribution in [3.8, 4) is 0 Å². The van der Waals surface area contributed by atoms with Gasteiger partial charge in [-0.25, -0.2) is 0 Å². The number of hydrogen-bond donors (Lipinski definition) is 2. The molecule has 0 saturated heterocycles. The maximum absolute atomic E-state index is 12.2. The monoisotopic (exact) mass is 252 g/mol. The molecule has 2 N–H and O–H groups in total. The minimum atomic E-state index is -0.212. The smallest absolute Gasteiger partial charge is 0.259 e.